The van der Waals surface area contributed by atoms with Gasteiger partial charge < -0.3 is 10.0 Å². The molecule has 0 fully saturated rings. The minimum Gasteiger partial charge on any atom is -0.506 e. The Morgan fingerprint density at radius 1 is 0.680 bits per heavy atom. The highest BCUT2D eigenvalue weighted by molar-refractivity contribution is 7.20. The van der Waals surface area contributed by atoms with Crippen molar-refractivity contribution in [2.45, 2.75) is 130 Å². The normalized spacial score (nSPS) is 15.1. The van der Waals surface area contributed by atoms with Crippen LogP contribution in [0.3, 0.4) is 0 Å². The number of fused-ring (bicyclic) bond motifs is 2. The van der Waals surface area contributed by atoms with E-state index in [1.54, 1.807) is 22.7 Å². The fourth-order valence-electron chi connectivity index (χ4n) is 7.20. The van der Waals surface area contributed by atoms with E-state index in [1.165, 1.54) is 123 Å². The number of benzene rings is 1. The number of aliphatic hydroxyl groups is 1. The number of carbonyl (C=O) groups is 1. The van der Waals surface area contributed by atoms with E-state index in [0.29, 0.717) is 11.1 Å². The molecule has 50 heavy (non-hydrogen) atoms. The molecule has 0 saturated carbocycles. The molecule has 1 N–H and O–H groups in total. The lowest BCUT2D eigenvalue weighted by Gasteiger charge is -2.25. The van der Waals surface area contributed by atoms with Gasteiger partial charge in [-0.15, -0.1) is 22.7 Å². The number of ketones is 1. The summed E-state index contributed by atoms with van der Waals surface area (Å²) in [5.74, 6) is 0.110. The maximum atomic E-state index is 13.7. The number of rotatable bonds is 22. The largest absolute Gasteiger partial charge is 0.506 e. The Labute approximate surface area is 309 Å². The zero-order chi connectivity index (χ0) is 35.3. The lowest BCUT2D eigenvalue weighted by atomic mass is 9.87. The van der Waals surface area contributed by atoms with Crippen LogP contribution in [0.1, 0.15) is 141 Å². The first kappa shape index (κ1) is 38.3. The zero-order valence-electron chi connectivity index (χ0n) is 31.3. The van der Waals surface area contributed by atoms with Crippen molar-refractivity contribution in [1.82, 2.24) is 0 Å². The van der Waals surface area contributed by atoms with Crippen molar-refractivity contribution in [3.05, 3.63) is 61.7 Å². The fourth-order valence-corrected chi connectivity index (χ4v) is 9.47. The molecule has 0 unspecified atom stereocenters. The predicted molar refractivity (Wildman–Crippen MR) is 221 cm³/mol. The standard InChI is InChI=1S/C44H60N2O2S2/c1-5-9-13-17-25-45(26-18-14-10-6-2)35-23-21-33-29-39(49-37(33)31-35)41-43(47)42(44(41)48)40-30-34-22-24-36(32-38(34)50-40)46(27-19-15-11-7-3)28-20-16-12-8-4/h21-24,29-32H,5-20,25-28H2,1-4H3/p+1. The molecule has 6 heteroatoms. The van der Waals surface area contributed by atoms with Crippen LogP contribution in [-0.4, -0.2) is 47.4 Å². The predicted octanol–water partition coefficient (Wildman–Crippen LogP) is 11.1. The second-order valence-electron chi connectivity index (χ2n) is 14.3. The molecule has 4 nitrogen and oxygen atoms in total. The Bertz CT molecular complexity index is 1780. The van der Waals surface area contributed by atoms with Gasteiger partial charge in [0.15, 0.2) is 0 Å². The summed E-state index contributed by atoms with van der Waals surface area (Å²) < 4.78 is 5.78. The van der Waals surface area contributed by atoms with Crippen LogP contribution >= 0.6 is 22.7 Å². The first-order chi connectivity index (χ1) is 24.5. The van der Waals surface area contributed by atoms with Gasteiger partial charge in [-0.1, -0.05) is 98.0 Å². The molecule has 3 aromatic rings. The number of hydrogen-bond donors (Lipinski definition) is 1. The molecule has 270 valence electrons. The first-order valence-electron chi connectivity index (χ1n) is 19.9. The minimum atomic E-state index is -0.0389. The maximum absolute atomic E-state index is 13.7. The lowest BCUT2D eigenvalue weighted by Crippen LogP contribution is -2.25. The van der Waals surface area contributed by atoms with Crippen molar-refractivity contribution in [2.75, 3.05) is 31.1 Å². The van der Waals surface area contributed by atoms with E-state index in [4.69, 9.17) is 0 Å². The van der Waals surface area contributed by atoms with E-state index in [0.717, 1.165) is 46.5 Å². The van der Waals surface area contributed by atoms with Crippen LogP contribution in [0.4, 0.5) is 5.69 Å². The molecular weight excluding hydrogens is 653 g/mol. The van der Waals surface area contributed by atoms with Gasteiger partial charge in [-0.3, -0.25) is 4.79 Å². The van der Waals surface area contributed by atoms with Crippen molar-refractivity contribution < 1.29 is 14.5 Å². The van der Waals surface area contributed by atoms with Crippen LogP contribution in [0.25, 0.3) is 33.4 Å². The third kappa shape index (κ3) is 9.67. The monoisotopic (exact) mass is 713 g/mol. The summed E-state index contributed by atoms with van der Waals surface area (Å²) in [6.07, 6.45) is 26.9. The summed E-state index contributed by atoms with van der Waals surface area (Å²) in [4.78, 5) is 17.1. The van der Waals surface area contributed by atoms with Crippen LogP contribution < -0.4 is 14.0 Å². The zero-order valence-corrected chi connectivity index (χ0v) is 33.0. The van der Waals surface area contributed by atoms with E-state index in [-0.39, 0.29) is 11.5 Å². The van der Waals surface area contributed by atoms with Crippen molar-refractivity contribution >= 4 is 73.2 Å². The molecule has 2 aromatic heterocycles. The van der Waals surface area contributed by atoms with E-state index >= 15 is 0 Å². The van der Waals surface area contributed by atoms with Crippen LogP contribution in [0, 0.1) is 0 Å². The maximum Gasteiger partial charge on any atom is 0.203 e. The number of carbonyl (C=O) groups excluding carboxylic acids is 1. The summed E-state index contributed by atoms with van der Waals surface area (Å²) in [5, 5.41) is 12.5. The van der Waals surface area contributed by atoms with Crippen molar-refractivity contribution in [2.24, 2.45) is 0 Å². The second kappa shape index (κ2) is 19.6. The third-order valence-corrected chi connectivity index (χ3v) is 12.5. The van der Waals surface area contributed by atoms with Gasteiger partial charge in [0.2, 0.25) is 11.5 Å². The first-order valence-corrected chi connectivity index (χ1v) is 21.5. The number of unbranched alkanes of at least 4 members (excludes halogenated alkanes) is 12. The van der Waals surface area contributed by atoms with Gasteiger partial charge in [0.1, 0.15) is 18.8 Å². The molecule has 0 aliphatic heterocycles. The highest BCUT2D eigenvalue weighted by atomic mass is 32.1. The summed E-state index contributed by atoms with van der Waals surface area (Å²) in [5.41, 5.74) is 4.63. The van der Waals surface area contributed by atoms with Crippen LogP contribution in [0.5, 0.6) is 0 Å². The minimum absolute atomic E-state index is 0.0389. The van der Waals surface area contributed by atoms with Crippen molar-refractivity contribution in [1.29, 1.82) is 0 Å². The highest BCUT2D eigenvalue weighted by Gasteiger charge is 2.37. The topological polar surface area (TPSA) is 43.5 Å². The third-order valence-electron chi connectivity index (χ3n) is 10.3. The molecule has 0 amide bonds. The van der Waals surface area contributed by atoms with Gasteiger partial charge in [0.25, 0.3) is 0 Å². The summed E-state index contributed by atoms with van der Waals surface area (Å²) in [7, 11) is 0. The van der Waals surface area contributed by atoms with Crippen LogP contribution in [0.2, 0.25) is 0 Å². The molecule has 1 aromatic carbocycles. The van der Waals surface area contributed by atoms with Gasteiger partial charge in [0.05, 0.1) is 11.1 Å². The van der Waals surface area contributed by atoms with Gasteiger partial charge in [-0.25, -0.2) is 4.58 Å². The van der Waals surface area contributed by atoms with Crippen molar-refractivity contribution in [3.63, 3.8) is 0 Å². The van der Waals surface area contributed by atoms with Gasteiger partial charge in [-0.2, -0.15) is 0 Å². The molecular formula is C44H61N2O2S2+. The molecule has 0 saturated heterocycles. The second-order valence-corrected chi connectivity index (χ2v) is 16.5. The molecule has 0 atom stereocenters. The average molecular weight is 714 g/mol. The van der Waals surface area contributed by atoms with Crippen LogP contribution in [-0.2, 0) is 4.79 Å². The van der Waals surface area contributed by atoms with Gasteiger partial charge in [-0.05, 0) is 67.0 Å². The Kier molecular flexibility index (Phi) is 15.0. The number of Topliss-reactive ketones (excluding diaryl/α,β-unsaturated/α-hetero) is 1. The average Bonchev–Trinajstić information content (AvgIpc) is 3.73. The molecule has 2 aliphatic rings. The quantitative estimate of drug-likeness (QED) is 0.0833. The van der Waals surface area contributed by atoms with E-state index in [1.807, 2.05) is 0 Å². The number of hydrogen-bond acceptors (Lipinski definition) is 5. The molecule has 2 heterocycles. The summed E-state index contributed by atoms with van der Waals surface area (Å²) >= 11 is 3.26. The fraction of sp³-hybridized carbons (Fsp3) is 0.545. The van der Waals surface area contributed by atoms with E-state index < -0.39 is 0 Å². The van der Waals surface area contributed by atoms with Gasteiger partial charge >= 0.3 is 0 Å². The SMILES string of the molecule is CCCCCCN(CCCCCC)c1ccc2cc(C3=C(O)/C(=c4\cc5c(s4)=CC(=[N+](CCCCCC)CCCCCC)C=C5)C3=O)sc2c1. The molecule has 5 rings (SSSR count). The number of thiophene rings is 2. The molecule has 2 aliphatic carbocycles. The highest BCUT2D eigenvalue weighted by Crippen LogP contribution is 2.42. The number of anilines is 1. The van der Waals surface area contributed by atoms with E-state index in [2.05, 4.69) is 85.7 Å². The Morgan fingerprint density at radius 3 is 1.90 bits per heavy atom. The number of nitrogens with zero attached hydrogens (tertiary/aromatic N) is 2. The number of aliphatic hydroxyl groups excluding tert-OH is 1. The molecule has 0 bridgehead atoms. The Hall–Kier alpha value is -2.96. The van der Waals surface area contributed by atoms with Crippen LogP contribution in [0.15, 0.2) is 42.2 Å². The number of allylic oxidation sites excluding steroid dienone is 3. The van der Waals surface area contributed by atoms with Gasteiger partial charge in [0, 0.05) is 62.4 Å². The Morgan fingerprint density at radius 2 is 1.30 bits per heavy atom. The summed E-state index contributed by atoms with van der Waals surface area (Å²) in [6, 6.07) is 10.9. The molecule has 0 radical (unpaired) electrons. The van der Waals surface area contributed by atoms with Crippen molar-refractivity contribution in [3.8, 4) is 0 Å². The van der Waals surface area contributed by atoms with E-state index in [9.17, 15) is 9.90 Å². The summed E-state index contributed by atoms with van der Waals surface area (Å²) in [6.45, 7) is 13.4. The lowest BCUT2D eigenvalue weighted by molar-refractivity contribution is -0.527. The Balaban J connectivity index is 1.38. The molecule has 0 spiro atoms. The smallest absolute Gasteiger partial charge is 0.203 e.